The van der Waals surface area contributed by atoms with E-state index in [1.165, 1.54) is 0 Å². The first-order valence-corrected chi connectivity index (χ1v) is 6.62. The second-order valence-corrected chi connectivity index (χ2v) is 5.74. The maximum absolute atomic E-state index is 11.6. The molecule has 1 rings (SSSR count). The standard InChI is InChI=1S/C14H25NO3/c1-5-10-17-12-8-6-11(7-9-12)15-13(16)18-14(2,3)4/h5,11-12H,1,6-10H2,2-4H3,(H,15,16). The van der Waals surface area contributed by atoms with Gasteiger partial charge in [0, 0.05) is 6.04 Å². The highest BCUT2D eigenvalue weighted by atomic mass is 16.6. The maximum atomic E-state index is 11.6. The molecule has 104 valence electrons. The predicted molar refractivity (Wildman–Crippen MR) is 71.6 cm³/mol. The van der Waals surface area contributed by atoms with E-state index in [9.17, 15) is 4.79 Å². The van der Waals surface area contributed by atoms with Gasteiger partial charge in [-0.1, -0.05) is 6.08 Å². The van der Waals surface area contributed by atoms with E-state index in [0.29, 0.717) is 12.7 Å². The first-order valence-electron chi connectivity index (χ1n) is 6.62. The van der Waals surface area contributed by atoms with E-state index in [2.05, 4.69) is 11.9 Å². The Labute approximate surface area is 110 Å². The molecule has 0 saturated heterocycles. The molecule has 18 heavy (non-hydrogen) atoms. The number of carbonyl (C=O) groups excluding carboxylic acids is 1. The van der Waals surface area contributed by atoms with Crippen LogP contribution in [-0.2, 0) is 9.47 Å². The Morgan fingerprint density at radius 3 is 2.44 bits per heavy atom. The van der Waals surface area contributed by atoms with Crippen LogP contribution in [0.3, 0.4) is 0 Å². The fourth-order valence-electron chi connectivity index (χ4n) is 2.05. The lowest BCUT2D eigenvalue weighted by Gasteiger charge is -2.29. The highest BCUT2D eigenvalue weighted by Crippen LogP contribution is 2.21. The van der Waals surface area contributed by atoms with Gasteiger partial charge in [-0.15, -0.1) is 6.58 Å². The minimum atomic E-state index is -0.436. The van der Waals surface area contributed by atoms with E-state index < -0.39 is 5.60 Å². The zero-order valence-corrected chi connectivity index (χ0v) is 11.7. The quantitative estimate of drug-likeness (QED) is 0.785. The van der Waals surface area contributed by atoms with Crippen LogP contribution < -0.4 is 5.32 Å². The number of hydrogen-bond acceptors (Lipinski definition) is 3. The number of ether oxygens (including phenoxy) is 2. The van der Waals surface area contributed by atoms with Crippen molar-refractivity contribution in [3.63, 3.8) is 0 Å². The maximum Gasteiger partial charge on any atom is 0.407 e. The summed E-state index contributed by atoms with van der Waals surface area (Å²) in [7, 11) is 0. The molecule has 0 aromatic carbocycles. The van der Waals surface area contributed by atoms with Crippen LogP contribution in [0.5, 0.6) is 0 Å². The van der Waals surface area contributed by atoms with Gasteiger partial charge in [0.2, 0.25) is 0 Å². The van der Waals surface area contributed by atoms with Crippen molar-refractivity contribution in [3.8, 4) is 0 Å². The second kappa shape index (κ2) is 6.78. The minimum absolute atomic E-state index is 0.212. The Hall–Kier alpha value is -1.03. The van der Waals surface area contributed by atoms with Gasteiger partial charge in [-0.2, -0.15) is 0 Å². The van der Waals surface area contributed by atoms with Crippen molar-refractivity contribution in [3.05, 3.63) is 12.7 Å². The summed E-state index contributed by atoms with van der Waals surface area (Å²) >= 11 is 0. The van der Waals surface area contributed by atoms with Gasteiger partial charge in [-0.05, 0) is 46.5 Å². The van der Waals surface area contributed by atoms with E-state index in [-0.39, 0.29) is 12.1 Å². The molecule has 0 aromatic rings. The van der Waals surface area contributed by atoms with Gasteiger partial charge in [0.25, 0.3) is 0 Å². The monoisotopic (exact) mass is 255 g/mol. The predicted octanol–water partition coefficient (Wildman–Crippen LogP) is 3.02. The highest BCUT2D eigenvalue weighted by Gasteiger charge is 2.24. The van der Waals surface area contributed by atoms with Gasteiger partial charge >= 0.3 is 6.09 Å². The smallest absolute Gasteiger partial charge is 0.407 e. The van der Waals surface area contributed by atoms with Gasteiger partial charge in [0.05, 0.1) is 12.7 Å². The lowest BCUT2D eigenvalue weighted by atomic mass is 9.93. The molecule has 1 fully saturated rings. The zero-order chi connectivity index (χ0) is 13.6. The third-order valence-electron chi connectivity index (χ3n) is 2.84. The van der Waals surface area contributed by atoms with Crippen LogP contribution in [0.25, 0.3) is 0 Å². The summed E-state index contributed by atoms with van der Waals surface area (Å²) < 4.78 is 10.8. The summed E-state index contributed by atoms with van der Waals surface area (Å²) in [6.07, 6.45) is 5.60. The van der Waals surface area contributed by atoms with E-state index in [1.54, 1.807) is 6.08 Å². The summed E-state index contributed by atoms with van der Waals surface area (Å²) in [5.41, 5.74) is -0.436. The summed E-state index contributed by atoms with van der Waals surface area (Å²) in [4.78, 5) is 11.6. The van der Waals surface area contributed by atoms with Gasteiger partial charge in [-0.25, -0.2) is 4.79 Å². The van der Waals surface area contributed by atoms with Gasteiger partial charge in [0.1, 0.15) is 5.60 Å². The van der Waals surface area contributed by atoms with Crippen LogP contribution in [0.15, 0.2) is 12.7 Å². The SMILES string of the molecule is C=CCOC1CCC(NC(=O)OC(C)(C)C)CC1. The zero-order valence-electron chi connectivity index (χ0n) is 11.7. The largest absolute Gasteiger partial charge is 0.444 e. The van der Waals surface area contributed by atoms with Crippen molar-refractivity contribution >= 4 is 6.09 Å². The number of amides is 1. The van der Waals surface area contributed by atoms with E-state index in [4.69, 9.17) is 9.47 Å². The Balaban J connectivity index is 2.23. The van der Waals surface area contributed by atoms with Crippen molar-refractivity contribution in [1.82, 2.24) is 5.32 Å². The molecule has 1 saturated carbocycles. The molecule has 1 aliphatic carbocycles. The van der Waals surface area contributed by atoms with Gasteiger partial charge in [0.15, 0.2) is 0 Å². The minimum Gasteiger partial charge on any atom is -0.444 e. The van der Waals surface area contributed by atoms with Crippen LogP contribution in [0.1, 0.15) is 46.5 Å². The molecule has 0 radical (unpaired) electrons. The van der Waals surface area contributed by atoms with Crippen LogP contribution >= 0.6 is 0 Å². The Morgan fingerprint density at radius 1 is 1.33 bits per heavy atom. The van der Waals surface area contributed by atoms with Crippen molar-refractivity contribution < 1.29 is 14.3 Å². The Bertz CT molecular complexity index is 275. The molecule has 0 unspecified atom stereocenters. The van der Waals surface area contributed by atoms with E-state index in [0.717, 1.165) is 25.7 Å². The Kier molecular flexibility index (Phi) is 5.66. The molecular formula is C14H25NO3. The van der Waals surface area contributed by atoms with Crippen LogP contribution in [-0.4, -0.2) is 30.4 Å². The van der Waals surface area contributed by atoms with E-state index in [1.807, 2.05) is 20.8 Å². The van der Waals surface area contributed by atoms with Crippen molar-refractivity contribution in [2.24, 2.45) is 0 Å². The third kappa shape index (κ3) is 6.05. The normalized spacial score (nSPS) is 24.4. The summed E-state index contributed by atoms with van der Waals surface area (Å²) in [5.74, 6) is 0. The van der Waals surface area contributed by atoms with Crippen molar-refractivity contribution in [1.29, 1.82) is 0 Å². The van der Waals surface area contributed by atoms with Crippen molar-refractivity contribution in [2.75, 3.05) is 6.61 Å². The van der Waals surface area contributed by atoms with Gasteiger partial charge in [-0.3, -0.25) is 0 Å². The van der Waals surface area contributed by atoms with E-state index >= 15 is 0 Å². The lowest BCUT2D eigenvalue weighted by molar-refractivity contribution is 0.0304. The molecule has 0 atom stereocenters. The number of hydrogen-bond donors (Lipinski definition) is 1. The number of rotatable bonds is 4. The van der Waals surface area contributed by atoms with Crippen molar-refractivity contribution in [2.45, 2.75) is 64.2 Å². The number of nitrogens with one attached hydrogen (secondary N) is 1. The first-order chi connectivity index (χ1) is 8.40. The molecule has 0 heterocycles. The molecular weight excluding hydrogens is 230 g/mol. The second-order valence-electron chi connectivity index (χ2n) is 5.74. The Morgan fingerprint density at radius 2 is 1.94 bits per heavy atom. The van der Waals surface area contributed by atoms with Crippen LogP contribution in [0, 0.1) is 0 Å². The average Bonchev–Trinajstić information content (AvgIpc) is 2.25. The fraction of sp³-hybridized carbons (Fsp3) is 0.786. The molecule has 1 N–H and O–H groups in total. The molecule has 0 aromatic heterocycles. The summed E-state index contributed by atoms with van der Waals surface area (Å²) in [6, 6.07) is 0.212. The molecule has 0 aliphatic heterocycles. The lowest BCUT2D eigenvalue weighted by Crippen LogP contribution is -2.41. The number of carbonyl (C=O) groups is 1. The van der Waals surface area contributed by atoms with Gasteiger partial charge < -0.3 is 14.8 Å². The summed E-state index contributed by atoms with van der Waals surface area (Å²) in [6.45, 7) is 9.84. The molecule has 0 spiro atoms. The third-order valence-corrected chi connectivity index (χ3v) is 2.84. The summed E-state index contributed by atoms with van der Waals surface area (Å²) in [5, 5.41) is 2.92. The fourth-order valence-corrected chi connectivity index (χ4v) is 2.05. The molecule has 1 amide bonds. The molecule has 1 aliphatic rings. The van der Waals surface area contributed by atoms with Crippen LogP contribution in [0.2, 0.25) is 0 Å². The molecule has 0 bridgehead atoms. The topological polar surface area (TPSA) is 47.6 Å². The van der Waals surface area contributed by atoms with Crippen LogP contribution in [0.4, 0.5) is 4.79 Å². The number of alkyl carbamates (subject to hydrolysis) is 1. The molecule has 4 heteroatoms. The first kappa shape index (κ1) is 15.0. The average molecular weight is 255 g/mol. The molecule has 4 nitrogen and oxygen atoms in total. The highest BCUT2D eigenvalue weighted by molar-refractivity contribution is 5.68.